The predicted octanol–water partition coefficient (Wildman–Crippen LogP) is 3.09. The molecule has 27 heavy (non-hydrogen) atoms. The van der Waals surface area contributed by atoms with Crippen LogP contribution < -0.4 is 0 Å². The molecule has 0 atom stereocenters. The number of carbonyl (C=O) groups is 1. The number of allylic oxidation sites excluding steroid dienone is 1. The number of benzene rings is 1. The van der Waals surface area contributed by atoms with Crippen molar-refractivity contribution < 1.29 is 14.3 Å². The Balaban J connectivity index is 1.61. The Morgan fingerprint density at radius 3 is 2.63 bits per heavy atom. The van der Waals surface area contributed by atoms with Crippen molar-refractivity contribution in [1.29, 1.82) is 5.26 Å². The first-order valence-electron chi connectivity index (χ1n) is 9.77. The molecule has 2 fully saturated rings. The van der Waals surface area contributed by atoms with Crippen LogP contribution in [-0.2, 0) is 27.3 Å². The SMILES string of the molecule is COCCOCc1ccc2c(c1)C(N1CCC3(CC1)CC3)=C(C#N)C(=O)C2. The molecule has 3 aliphatic rings. The second kappa shape index (κ2) is 7.46. The zero-order chi connectivity index (χ0) is 18.9. The van der Waals surface area contributed by atoms with Gasteiger partial charge in [0.2, 0.25) is 0 Å². The Morgan fingerprint density at radius 2 is 1.96 bits per heavy atom. The number of nitrogens with zero attached hydrogens (tertiary/aromatic N) is 2. The molecule has 0 amide bonds. The third kappa shape index (κ3) is 3.65. The predicted molar refractivity (Wildman–Crippen MR) is 102 cm³/mol. The van der Waals surface area contributed by atoms with Crippen molar-refractivity contribution in [2.24, 2.45) is 5.41 Å². The minimum Gasteiger partial charge on any atom is -0.382 e. The minimum atomic E-state index is -0.0594. The number of methoxy groups -OCH3 is 1. The highest BCUT2D eigenvalue weighted by Crippen LogP contribution is 2.54. The average Bonchev–Trinajstić information content (AvgIpc) is 3.44. The lowest BCUT2D eigenvalue weighted by molar-refractivity contribution is -0.114. The first kappa shape index (κ1) is 18.2. The third-order valence-corrected chi connectivity index (χ3v) is 6.21. The maximum atomic E-state index is 12.6. The van der Waals surface area contributed by atoms with Crippen molar-refractivity contribution in [1.82, 2.24) is 4.90 Å². The van der Waals surface area contributed by atoms with E-state index < -0.39 is 0 Å². The molecule has 0 N–H and O–H groups in total. The van der Waals surface area contributed by atoms with Gasteiger partial charge in [0.05, 0.1) is 25.5 Å². The van der Waals surface area contributed by atoms with Gasteiger partial charge < -0.3 is 14.4 Å². The number of hydrogen-bond donors (Lipinski definition) is 0. The summed E-state index contributed by atoms with van der Waals surface area (Å²) in [6.07, 6.45) is 5.31. The Labute approximate surface area is 160 Å². The summed E-state index contributed by atoms with van der Waals surface area (Å²) in [5.41, 5.74) is 4.84. The van der Waals surface area contributed by atoms with Gasteiger partial charge >= 0.3 is 0 Å². The van der Waals surface area contributed by atoms with E-state index in [9.17, 15) is 10.1 Å². The summed E-state index contributed by atoms with van der Waals surface area (Å²) in [7, 11) is 1.66. The molecule has 1 spiro atoms. The summed E-state index contributed by atoms with van der Waals surface area (Å²) in [6, 6.07) is 8.33. The molecule has 0 unspecified atom stereocenters. The summed E-state index contributed by atoms with van der Waals surface area (Å²) >= 11 is 0. The number of rotatable bonds is 6. The number of ether oxygens (including phenoxy) is 2. The molecule has 1 heterocycles. The molecule has 5 nitrogen and oxygen atoms in total. The van der Waals surface area contributed by atoms with Gasteiger partial charge in [0.15, 0.2) is 5.78 Å². The summed E-state index contributed by atoms with van der Waals surface area (Å²) in [4.78, 5) is 14.8. The van der Waals surface area contributed by atoms with Crippen LogP contribution in [0.2, 0.25) is 0 Å². The van der Waals surface area contributed by atoms with E-state index >= 15 is 0 Å². The number of ketones is 1. The van der Waals surface area contributed by atoms with Gasteiger partial charge in [-0.15, -0.1) is 0 Å². The Kier molecular flexibility index (Phi) is 5.03. The molecule has 142 valence electrons. The second-order valence-electron chi connectivity index (χ2n) is 7.96. The lowest BCUT2D eigenvalue weighted by Gasteiger charge is -2.37. The van der Waals surface area contributed by atoms with Crippen molar-refractivity contribution in [2.75, 3.05) is 33.4 Å². The molecule has 1 aromatic rings. The molecule has 2 aliphatic carbocycles. The van der Waals surface area contributed by atoms with Crippen LogP contribution in [-0.4, -0.2) is 44.1 Å². The van der Waals surface area contributed by atoms with E-state index in [0.29, 0.717) is 37.2 Å². The number of nitriles is 1. The van der Waals surface area contributed by atoms with E-state index in [-0.39, 0.29) is 5.78 Å². The first-order chi connectivity index (χ1) is 13.2. The summed E-state index contributed by atoms with van der Waals surface area (Å²) in [5.74, 6) is -0.0594. The molecule has 1 saturated heterocycles. The van der Waals surface area contributed by atoms with Gasteiger partial charge in [0.25, 0.3) is 0 Å². The third-order valence-electron chi connectivity index (χ3n) is 6.21. The van der Waals surface area contributed by atoms with Gasteiger partial charge in [-0.25, -0.2) is 0 Å². The average molecular weight is 366 g/mol. The topological polar surface area (TPSA) is 62.6 Å². The highest BCUT2D eigenvalue weighted by molar-refractivity contribution is 6.09. The van der Waals surface area contributed by atoms with Crippen molar-refractivity contribution >= 4 is 11.5 Å². The van der Waals surface area contributed by atoms with Crippen molar-refractivity contribution in [3.05, 3.63) is 40.5 Å². The monoisotopic (exact) mass is 366 g/mol. The molecule has 1 saturated carbocycles. The Hall–Kier alpha value is -2.16. The molecule has 0 radical (unpaired) electrons. The van der Waals surface area contributed by atoms with Crippen LogP contribution in [0.25, 0.3) is 5.70 Å². The van der Waals surface area contributed by atoms with Gasteiger partial charge in [-0.2, -0.15) is 5.26 Å². The Bertz CT molecular complexity index is 807. The normalized spacial score (nSPS) is 20.6. The van der Waals surface area contributed by atoms with Gasteiger partial charge in [-0.3, -0.25) is 4.79 Å². The fourth-order valence-corrected chi connectivity index (χ4v) is 4.27. The fourth-order valence-electron chi connectivity index (χ4n) is 4.27. The molecule has 4 rings (SSSR count). The van der Waals surface area contributed by atoms with Gasteiger partial charge in [0.1, 0.15) is 11.6 Å². The largest absolute Gasteiger partial charge is 0.382 e. The van der Waals surface area contributed by atoms with Crippen LogP contribution in [0.15, 0.2) is 23.8 Å². The van der Waals surface area contributed by atoms with E-state index in [1.165, 1.54) is 25.7 Å². The smallest absolute Gasteiger partial charge is 0.179 e. The van der Waals surface area contributed by atoms with Gasteiger partial charge in [-0.05, 0) is 48.3 Å². The number of fused-ring (bicyclic) bond motifs is 1. The van der Waals surface area contributed by atoms with Gasteiger partial charge in [0, 0.05) is 32.2 Å². The van der Waals surface area contributed by atoms with E-state index in [1.807, 2.05) is 12.1 Å². The van der Waals surface area contributed by atoms with Crippen LogP contribution in [0.1, 0.15) is 42.4 Å². The fraction of sp³-hybridized carbons (Fsp3) is 0.545. The molecule has 1 aromatic carbocycles. The molecule has 1 aliphatic heterocycles. The highest BCUT2D eigenvalue weighted by atomic mass is 16.5. The summed E-state index contributed by atoms with van der Waals surface area (Å²) in [6.45, 7) is 3.48. The number of Topliss-reactive ketones (excluding diaryl/α,β-unsaturated/α-hetero) is 1. The lowest BCUT2D eigenvalue weighted by atomic mass is 9.85. The number of carbonyl (C=O) groups excluding carboxylic acids is 1. The molecular weight excluding hydrogens is 340 g/mol. The molecule has 0 aromatic heterocycles. The highest BCUT2D eigenvalue weighted by Gasteiger charge is 2.45. The molecular formula is C22H26N2O3. The van der Waals surface area contributed by atoms with E-state index in [1.54, 1.807) is 7.11 Å². The molecule has 0 bridgehead atoms. The lowest BCUT2D eigenvalue weighted by Crippen LogP contribution is -2.36. The summed E-state index contributed by atoms with van der Waals surface area (Å²) < 4.78 is 10.7. The van der Waals surface area contributed by atoms with Gasteiger partial charge in [-0.1, -0.05) is 12.1 Å². The van der Waals surface area contributed by atoms with Crippen LogP contribution in [0.4, 0.5) is 0 Å². The summed E-state index contributed by atoms with van der Waals surface area (Å²) in [5, 5.41) is 9.68. The zero-order valence-corrected chi connectivity index (χ0v) is 15.9. The van der Waals surface area contributed by atoms with Crippen molar-refractivity contribution in [2.45, 2.75) is 38.7 Å². The number of hydrogen-bond acceptors (Lipinski definition) is 5. The van der Waals surface area contributed by atoms with Crippen LogP contribution in [0.5, 0.6) is 0 Å². The Morgan fingerprint density at radius 1 is 1.19 bits per heavy atom. The molecule has 5 heteroatoms. The van der Waals surface area contributed by atoms with Crippen LogP contribution in [0, 0.1) is 16.7 Å². The number of piperidine rings is 1. The van der Waals surface area contributed by atoms with E-state index in [4.69, 9.17) is 9.47 Å². The quantitative estimate of drug-likeness (QED) is 0.724. The van der Waals surface area contributed by atoms with E-state index in [0.717, 1.165) is 35.5 Å². The first-order valence-corrected chi connectivity index (χ1v) is 9.77. The number of likely N-dealkylation sites (tertiary alicyclic amines) is 1. The zero-order valence-electron chi connectivity index (χ0n) is 15.9. The van der Waals surface area contributed by atoms with Crippen molar-refractivity contribution in [3.63, 3.8) is 0 Å². The minimum absolute atomic E-state index is 0.0594. The van der Waals surface area contributed by atoms with Crippen LogP contribution in [0.3, 0.4) is 0 Å². The maximum absolute atomic E-state index is 12.6. The van der Waals surface area contributed by atoms with Crippen molar-refractivity contribution in [3.8, 4) is 6.07 Å². The standard InChI is InChI=1S/C22H26N2O3/c1-26-10-11-27-15-16-2-3-17-13-20(25)19(14-23)21(18(17)12-16)24-8-6-22(4-5-22)7-9-24/h2-3,12H,4-11,13,15H2,1H3. The van der Waals surface area contributed by atoms with E-state index in [2.05, 4.69) is 17.0 Å². The second-order valence-corrected chi connectivity index (χ2v) is 7.96. The maximum Gasteiger partial charge on any atom is 0.179 e. The van der Waals surface area contributed by atoms with Crippen LogP contribution >= 0.6 is 0 Å².